The van der Waals surface area contributed by atoms with Gasteiger partial charge in [0, 0.05) is 16.6 Å². The average Bonchev–Trinajstić information content (AvgIpc) is 2.47. The number of halogens is 1. The van der Waals surface area contributed by atoms with Crippen molar-refractivity contribution in [1.29, 1.82) is 0 Å². The minimum absolute atomic E-state index is 0.337. The monoisotopic (exact) mass is 331 g/mol. The lowest BCUT2D eigenvalue weighted by Crippen LogP contribution is -2.24. The summed E-state index contributed by atoms with van der Waals surface area (Å²) in [5, 5.41) is 3.76. The molecule has 0 spiro atoms. The molecule has 2 atom stereocenters. The van der Waals surface area contributed by atoms with E-state index in [-0.39, 0.29) is 0 Å². The molecule has 0 heterocycles. The van der Waals surface area contributed by atoms with Crippen LogP contribution in [0.3, 0.4) is 0 Å². The molecule has 0 aliphatic heterocycles. The third kappa shape index (κ3) is 4.19. The van der Waals surface area contributed by atoms with Gasteiger partial charge in [0.1, 0.15) is 0 Å². The van der Waals surface area contributed by atoms with Gasteiger partial charge >= 0.3 is 0 Å². The molecular weight excluding hydrogens is 310 g/mol. The third-order valence-electron chi connectivity index (χ3n) is 3.58. The summed E-state index contributed by atoms with van der Waals surface area (Å²) in [5.74, 6) is 0. The Balaban J connectivity index is 2.12. The highest BCUT2D eigenvalue weighted by molar-refractivity contribution is 9.10. The maximum Gasteiger partial charge on any atom is 0.0325 e. The second kappa shape index (κ2) is 7.61. The molecule has 2 rings (SSSR count). The summed E-state index contributed by atoms with van der Waals surface area (Å²) in [7, 11) is 0. The van der Waals surface area contributed by atoms with Crippen LogP contribution in [0.25, 0.3) is 0 Å². The molecule has 0 aromatic heterocycles. The quantitative estimate of drug-likeness (QED) is 0.722. The zero-order valence-electron chi connectivity index (χ0n) is 12.1. The summed E-state index contributed by atoms with van der Waals surface area (Å²) in [4.78, 5) is 0. The Hall–Kier alpha value is -1.12. The van der Waals surface area contributed by atoms with Gasteiger partial charge in [-0.3, -0.25) is 0 Å². The van der Waals surface area contributed by atoms with Crippen LogP contribution in [0, 0.1) is 0 Å². The van der Waals surface area contributed by atoms with Crippen molar-refractivity contribution in [1.82, 2.24) is 5.32 Å². The minimum atomic E-state index is 0.337. The van der Waals surface area contributed by atoms with E-state index < -0.39 is 0 Å². The van der Waals surface area contributed by atoms with Crippen LogP contribution < -0.4 is 5.32 Å². The highest BCUT2D eigenvalue weighted by Crippen LogP contribution is 2.24. The summed E-state index contributed by atoms with van der Waals surface area (Å²) < 4.78 is 1.13. The van der Waals surface area contributed by atoms with Gasteiger partial charge in [-0.1, -0.05) is 71.7 Å². The fourth-order valence-corrected chi connectivity index (χ4v) is 2.91. The SMILES string of the molecule is CCCC(N[C@@H](C)c1cccc(Br)c1)c1ccccc1. The van der Waals surface area contributed by atoms with Crippen LogP contribution in [0.4, 0.5) is 0 Å². The van der Waals surface area contributed by atoms with Crippen molar-refractivity contribution in [3.8, 4) is 0 Å². The molecule has 1 N–H and O–H groups in total. The van der Waals surface area contributed by atoms with E-state index in [1.807, 2.05) is 0 Å². The molecule has 1 unspecified atom stereocenters. The molecule has 0 aliphatic carbocycles. The average molecular weight is 332 g/mol. The van der Waals surface area contributed by atoms with E-state index in [1.165, 1.54) is 17.5 Å². The zero-order valence-corrected chi connectivity index (χ0v) is 13.7. The third-order valence-corrected chi connectivity index (χ3v) is 4.07. The van der Waals surface area contributed by atoms with Crippen molar-refractivity contribution in [2.75, 3.05) is 0 Å². The molecule has 0 saturated heterocycles. The van der Waals surface area contributed by atoms with Gasteiger partial charge in [0.05, 0.1) is 0 Å². The molecule has 2 heteroatoms. The van der Waals surface area contributed by atoms with Crippen LogP contribution in [0.2, 0.25) is 0 Å². The number of rotatable bonds is 6. The Morgan fingerprint density at radius 2 is 1.70 bits per heavy atom. The van der Waals surface area contributed by atoms with E-state index in [1.54, 1.807) is 0 Å². The molecule has 106 valence electrons. The number of benzene rings is 2. The molecule has 2 aromatic rings. The first-order valence-electron chi connectivity index (χ1n) is 7.27. The maximum atomic E-state index is 3.76. The fourth-order valence-electron chi connectivity index (χ4n) is 2.49. The van der Waals surface area contributed by atoms with E-state index >= 15 is 0 Å². The summed E-state index contributed by atoms with van der Waals surface area (Å²) >= 11 is 3.54. The molecule has 0 fully saturated rings. The van der Waals surface area contributed by atoms with Crippen LogP contribution >= 0.6 is 15.9 Å². The van der Waals surface area contributed by atoms with E-state index in [2.05, 4.69) is 89.7 Å². The van der Waals surface area contributed by atoms with Crippen molar-refractivity contribution in [3.63, 3.8) is 0 Å². The minimum Gasteiger partial charge on any atom is -0.303 e. The van der Waals surface area contributed by atoms with E-state index in [9.17, 15) is 0 Å². The molecule has 0 amide bonds. The van der Waals surface area contributed by atoms with Crippen LogP contribution in [0.15, 0.2) is 59.1 Å². The second-order valence-electron chi connectivity index (χ2n) is 5.20. The summed E-state index contributed by atoms with van der Waals surface area (Å²) in [6.07, 6.45) is 2.33. The van der Waals surface area contributed by atoms with Crippen LogP contribution in [0.1, 0.15) is 49.9 Å². The smallest absolute Gasteiger partial charge is 0.0325 e. The predicted octanol–water partition coefficient (Wildman–Crippen LogP) is 5.64. The first-order chi connectivity index (χ1) is 9.70. The van der Waals surface area contributed by atoms with Gasteiger partial charge in [-0.05, 0) is 36.6 Å². The van der Waals surface area contributed by atoms with Gasteiger partial charge in [0.15, 0.2) is 0 Å². The lowest BCUT2D eigenvalue weighted by atomic mass is 10.00. The number of nitrogens with one attached hydrogen (secondary N) is 1. The van der Waals surface area contributed by atoms with Gasteiger partial charge in [0.2, 0.25) is 0 Å². The molecule has 0 radical (unpaired) electrons. The van der Waals surface area contributed by atoms with E-state index in [0.717, 1.165) is 10.9 Å². The van der Waals surface area contributed by atoms with Crippen molar-refractivity contribution in [3.05, 3.63) is 70.2 Å². The highest BCUT2D eigenvalue weighted by Gasteiger charge is 2.14. The lowest BCUT2D eigenvalue weighted by Gasteiger charge is -2.24. The molecule has 0 bridgehead atoms. The number of hydrogen-bond donors (Lipinski definition) is 1. The van der Waals surface area contributed by atoms with Crippen LogP contribution in [-0.2, 0) is 0 Å². The maximum absolute atomic E-state index is 3.76. The lowest BCUT2D eigenvalue weighted by molar-refractivity contribution is 0.439. The van der Waals surface area contributed by atoms with E-state index in [4.69, 9.17) is 0 Å². The highest BCUT2D eigenvalue weighted by atomic mass is 79.9. The first-order valence-corrected chi connectivity index (χ1v) is 8.06. The molecular formula is C18H22BrN. The Bertz CT molecular complexity index is 524. The van der Waals surface area contributed by atoms with Gasteiger partial charge in [0.25, 0.3) is 0 Å². The van der Waals surface area contributed by atoms with Crippen molar-refractivity contribution in [2.45, 2.75) is 38.8 Å². The Morgan fingerprint density at radius 1 is 1.00 bits per heavy atom. The summed E-state index contributed by atoms with van der Waals surface area (Å²) in [6.45, 7) is 4.47. The summed E-state index contributed by atoms with van der Waals surface area (Å²) in [6, 6.07) is 20.0. The van der Waals surface area contributed by atoms with Gasteiger partial charge < -0.3 is 5.32 Å². The molecule has 2 aromatic carbocycles. The van der Waals surface area contributed by atoms with Gasteiger partial charge in [-0.25, -0.2) is 0 Å². The first kappa shape index (κ1) is 15.3. The zero-order chi connectivity index (χ0) is 14.4. The number of hydrogen-bond acceptors (Lipinski definition) is 1. The van der Waals surface area contributed by atoms with Crippen molar-refractivity contribution in [2.24, 2.45) is 0 Å². The normalized spacial score (nSPS) is 13.9. The van der Waals surface area contributed by atoms with Crippen LogP contribution in [0.5, 0.6) is 0 Å². The predicted molar refractivity (Wildman–Crippen MR) is 89.8 cm³/mol. The Labute approximate surface area is 130 Å². The largest absolute Gasteiger partial charge is 0.303 e. The molecule has 0 aliphatic rings. The van der Waals surface area contributed by atoms with Crippen molar-refractivity contribution < 1.29 is 0 Å². The fraction of sp³-hybridized carbons (Fsp3) is 0.333. The van der Waals surface area contributed by atoms with Crippen LogP contribution in [-0.4, -0.2) is 0 Å². The second-order valence-corrected chi connectivity index (χ2v) is 6.11. The van der Waals surface area contributed by atoms with Crippen molar-refractivity contribution >= 4 is 15.9 Å². The molecule has 20 heavy (non-hydrogen) atoms. The molecule has 0 saturated carbocycles. The van der Waals surface area contributed by atoms with E-state index in [0.29, 0.717) is 12.1 Å². The van der Waals surface area contributed by atoms with Gasteiger partial charge in [-0.2, -0.15) is 0 Å². The Morgan fingerprint density at radius 3 is 2.35 bits per heavy atom. The standard InChI is InChI=1S/C18H22BrN/c1-3-8-18(15-9-5-4-6-10-15)20-14(2)16-11-7-12-17(19)13-16/h4-7,9-14,18,20H,3,8H2,1-2H3/t14-,18?/m0/s1. The Kier molecular flexibility index (Phi) is 5.81. The topological polar surface area (TPSA) is 12.0 Å². The molecule has 1 nitrogen and oxygen atoms in total. The van der Waals surface area contributed by atoms with Gasteiger partial charge in [-0.15, -0.1) is 0 Å². The summed E-state index contributed by atoms with van der Waals surface area (Å²) in [5.41, 5.74) is 2.69.